The zero-order chi connectivity index (χ0) is 25.3. The van der Waals surface area contributed by atoms with Crippen LogP contribution < -0.4 is 0 Å². The third-order valence-electron chi connectivity index (χ3n) is 8.09. The van der Waals surface area contributed by atoms with Gasteiger partial charge >= 0.3 is 11.9 Å². The predicted octanol–water partition coefficient (Wildman–Crippen LogP) is 4.00. The summed E-state index contributed by atoms with van der Waals surface area (Å²) in [5, 5.41) is 7.72. The highest BCUT2D eigenvalue weighted by Gasteiger charge is 2.63. The van der Waals surface area contributed by atoms with Gasteiger partial charge in [0.25, 0.3) is 0 Å². The fraction of sp³-hybridized carbons (Fsp3) is 0.654. The van der Waals surface area contributed by atoms with Crippen LogP contribution in [0.3, 0.4) is 0 Å². The Kier molecular flexibility index (Phi) is 7.90. The Bertz CT molecular complexity index is 951. The molecule has 186 valence electrons. The summed E-state index contributed by atoms with van der Waals surface area (Å²) in [5.41, 5.74) is -0.793. The Hall–Kier alpha value is -2.22. The molecule has 1 heterocycles. The maximum absolute atomic E-state index is 13.4. The van der Waals surface area contributed by atoms with E-state index in [0.717, 1.165) is 23.5 Å². The number of ketones is 3. The van der Waals surface area contributed by atoms with Gasteiger partial charge in [-0.3, -0.25) is 24.0 Å². The van der Waals surface area contributed by atoms with Gasteiger partial charge in [-0.05, 0) is 47.1 Å². The molecule has 0 aromatic rings. The standard InChI is InChI=1S/C23H28O5S.C3H6O2/c1-4-20(27)28-11-18(26)16-6-5-15-14-12-29-19-9-13(24)7-8-22(19,2)21(14)17(25)10-23(15,16)3;1-2-3(4)5/h7-9,14-16,21H,4-6,10-12H2,1-3H3;2H2,1H3,(H,4,5). The van der Waals surface area contributed by atoms with Gasteiger partial charge in [0.05, 0.1) is 0 Å². The summed E-state index contributed by atoms with van der Waals surface area (Å²) in [4.78, 5) is 60.0. The largest absolute Gasteiger partial charge is 0.481 e. The quantitative estimate of drug-likeness (QED) is 0.575. The highest BCUT2D eigenvalue weighted by Crippen LogP contribution is 2.65. The van der Waals surface area contributed by atoms with Crippen molar-refractivity contribution in [2.75, 3.05) is 12.4 Å². The smallest absolute Gasteiger partial charge is 0.305 e. The summed E-state index contributed by atoms with van der Waals surface area (Å²) >= 11 is 1.69. The van der Waals surface area contributed by atoms with Crippen LogP contribution in [-0.4, -0.2) is 46.8 Å². The molecular formula is C26H34O7S. The normalized spacial score (nSPS) is 35.7. The molecule has 6 unspecified atom stereocenters. The number of hydrogen-bond donors (Lipinski definition) is 1. The van der Waals surface area contributed by atoms with Gasteiger partial charge in [-0.2, -0.15) is 0 Å². The summed E-state index contributed by atoms with van der Waals surface area (Å²) in [6.45, 7) is 7.28. The van der Waals surface area contributed by atoms with Crippen LogP contribution in [0.5, 0.6) is 0 Å². The van der Waals surface area contributed by atoms with Crippen molar-refractivity contribution in [3.63, 3.8) is 0 Å². The van der Waals surface area contributed by atoms with Crippen LogP contribution >= 0.6 is 11.8 Å². The molecule has 3 fully saturated rings. The lowest BCUT2D eigenvalue weighted by Gasteiger charge is -2.55. The number of esters is 1. The van der Waals surface area contributed by atoms with E-state index in [0.29, 0.717) is 6.42 Å². The summed E-state index contributed by atoms with van der Waals surface area (Å²) in [6.07, 6.45) is 7.73. The molecule has 7 nitrogen and oxygen atoms in total. The fourth-order valence-electron chi connectivity index (χ4n) is 6.36. The van der Waals surface area contributed by atoms with Crippen LogP contribution in [0.4, 0.5) is 0 Å². The molecule has 0 bridgehead atoms. The molecule has 4 rings (SSSR count). The number of fused-ring (bicyclic) bond motifs is 5. The van der Waals surface area contributed by atoms with Crippen LogP contribution in [0, 0.1) is 34.5 Å². The average Bonchev–Trinajstić information content (AvgIpc) is 3.14. The van der Waals surface area contributed by atoms with E-state index in [-0.39, 0.29) is 71.9 Å². The Morgan fingerprint density at radius 3 is 2.44 bits per heavy atom. The number of carbonyl (C=O) groups is 5. The van der Waals surface area contributed by atoms with Crippen molar-refractivity contribution in [3.05, 3.63) is 23.1 Å². The van der Waals surface area contributed by atoms with Crippen LogP contribution in [0.15, 0.2) is 23.1 Å². The second-order valence-electron chi connectivity index (χ2n) is 10.1. The molecule has 1 aliphatic heterocycles. The van der Waals surface area contributed by atoms with Gasteiger partial charge in [-0.25, -0.2) is 0 Å². The molecule has 6 atom stereocenters. The molecule has 34 heavy (non-hydrogen) atoms. The molecule has 0 amide bonds. The number of carboxylic acids is 1. The van der Waals surface area contributed by atoms with Crippen LogP contribution in [-0.2, 0) is 28.7 Å². The van der Waals surface area contributed by atoms with Crippen molar-refractivity contribution >= 4 is 41.1 Å². The Labute approximate surface area is 204 Å². The van der Waals surface area contributed by atoms with Gasteiger partial charge in [0.1, 0.15) is 12.4 Å². The Morgan fingerprint density at radius 2 is 1.82 bits per heavy atom. The number of ether oxygens (including phenoxy) is 1. The number of rotatable bonds is 5. The summed E-state index contributed by atoms with van der Waals surface area (Å²) in [7, 11) is 0. The first-order chi connectivity index (χ1) is 16.0. The highest BCUT2D eigenvalue weighted by atomic mass is 32.2. The maximum Gasteiger partial charge on any atom is 0.305 e. The molecule has 0 aromatic heterocycles. The first-order valence-corrected chi connectivity index (χ1v) is 13.0. The lowest BCUT2D eigenvalue weighted by molar-refractivity contribution is -0.152. The Balaban J connectivity index is 0.000000588. The number of hydrogen-bond acceptors (Lipinski definition) is 7. The first kappa shape index (κ1) is 26.4. The van der Waals surface area contributed by atoms with E-state index in [1.807, 2.05) is 6.08 Å². The summed E-state index contributed by atoms with van der Waals surface area (Å²) < 4.78 is 5.09. The molecule has 0 aromatic carbocycles. The molecule has 1 saturated heterocycles. The number of thioether (sulfide) groups is 1. The highest BCUT2D eigenvalue weighted by molar-refractivity contribution is 8.03. The van der Waals surface area contributed by atoms with Crippen molar-refractivity contribution < 1.29 is 33.8 Å². The van der Waals surface area contributed by atoms with Crippen LogP contribution in [0.1, 0.15) is 59.8 Å². The van der Waals surface area contributed by atoms with Gasteiger partial charge in [0.2, 0.25) is 0 Å². The fourth-order valence-corrected chi connectivity index (χ4v) is 7.87. The number of Topliss-reactive ketones (excluding diaryl/α,β-unsaturated/α-hetero) is 2. The molecule has 0 radical (unpaired) electrons. The van der Waals surface area contributed by atoms with E-state index < -0.39 is 11.4 Å². The predicted molar refractivity (Wildman–Crippen MR) is 128 cm³/mol. The van der Waals surface area contributed by atoms with Crippen molar-refractivity contribution in [2.24, 2.45) is 34.5 Å². The molecular weight excluding hydrogens is 456 g/mol. The maximum atomic E-state index is 13.4. The van der Waals surface area contributed by atoms with E-state index in [2.05, 4.69) is 13.8 Å². The zero-order valence-corrected chi connectivity index (χ0v) is 21.1. The van der Waals surface area contributed by atoms with Crippen molar-refractivity contribution in [1.82, 2.24) is 0 Å². The number of allylic oxidation sites excluding steroid dienone is 4. The van der Waals surface area contributed by atoms with Crippen LogP contribution in [0.25, 0.3) is 0 Å². The molecule has 2 saturated carbocycles. The van der Waals surface area contributed by atoms with E-state index in [1.165, 1.54) is 0 Å². The summed E-state index contributed by atoms with van der Waals surface area (Å²) in [6, 6.07) is 0. The van der Waals surface area contributed by atoms with Crippen molar-refractivity contribution in [2.45, 2.75) is 59.8 Å². The van der Waals surface area contributed by atoms with Gasteiger partial charge in [0.15, 0.2) is 11.6 Å². The second kappa shape index (κ2) is 10.2. The minimum Gasteiger partial charge on any atom is -0.481 e. The van der Waals surface area contributed by atoms with Gasteiger partial charge in [-0.1, -0.05) is 33.8 Å². The SMILES string of the molecule is CCC(=O)O.CCC(=O)OCC(=O)C1CCC2C3CSC4=CC(=O)C=CC4(C)C3C(=O)CC12C. The molecule has 4 aliphatic rings. The van der Waals surface area contributed by atoms with E-state index in [4.69, 9.17) is 9.84 Å². The minimum absolute atomic E-state index is 0.00956. The minimum atomic E-state index is -0.745. The first-order valence-electron chi connectivity index (χ1n) is 12.0. The van der Waals surface area contributed by atoms with Gasteiger partial charge in [0, 0.05) is 42.3 Å². The second-order valence-corrected chi connectivity index (χ2v) is 11.2. The van der Waals surface area contributed by atoms with Crippen molar-refractivity contribution in [1.29, 1.82) is 0 Å². The molecule has 1 N–H and O–H groups in total. The summed E-state index contributed by atoms with van der Waals surface area (Å²) in [5.74, 6) is -0.0508. The molecule has 3 aliphatic carbocycles. The van der Waals surface area contributed by atoms with E-state index in [9.17, 15) is 24.0 Å². The Morgan fingerprint density at radius 1 is 1.15 bits per heavy atom. The van der Waals surface area contributed by atoms with E-state index >= 15 is 0 Å². The molecule has 8 heteroatoms. The van der Waals surface area contributed by atoms with Crippen molar-refractivity contribution in [3.8, 4) is 0 Å². The monoisotopic (exact) mass is 490 g/mol. The number of carboxylic acid groups (broad SMARTS) is 1. The lowest BCUT2D eigenvalue weighted by atomic mass is 9.52. The number of aliphatic carboxylic acids is 1. The molecule has 0 spiro atoms. The van der Waals surface area contributed by atoms with E-state index in [1.54, 1.807) is 37.8 Å². The number of carbonyl (C=O) groups excluding carboxylic acids is 4. The van der Waals surface area contributed by atoms with Crippen LogP contribution in [0.2, 0.25) is 0 Å². The third kappa shape index (κ3) is 4.79. The van der Waals surface area contributed by atoms with Gasteiger partial charge in [-0.15, -0.1) is 11.8 Å². The zero-order valence-electron chi connectivity index (χ0n) is 20.3. The third-order valence-corrected chi connectivity index (χ3v) is 9.51. The lowest BCUT2D eigenvalue weighted by Crippen LogP contribution is -2.55. The topological polar surface area (TPSA) is 115 Å². The van der Waals surface area contributed by atoms with Gasteiger partial charge < -0.3 is 9.84 Å². The average molecular weight is 491 g/mol.